The maximum atomic E-state index is 11.8. The first-order chi connectivity index (χ1) is 10.0. The Morgan fingerprint density at radius 2 is 2.14 bits per heavy atom. The van der Waals surface area contributed by atoms with Crippen molar-refractivity contribution in [1.29, 1.82) is 0 Å². The van der Waals surface area contributed by atoms with Crippen molar-refractivity contribution in [3.63, 3.8) is 0 Å². The molecule has 1 amide bonds. The molecule has 0 aliphatic carbocycles. The number of carbonyl (C=O) groups excluding carboxylic acids is 1. The highest BCUT2D eigenvalue weighted by atomic mass is 32.1. The number of aromatic nitrogens is 1. The standard InChI is InChI=1S/C15H25N3O2S/c1-10-15(21-12(3)16-10)11(2)17-13-5-7-18(8-6-13)14(19)9-20-4/h11,13,17H,5-9H2,1-4H3. The molecule has 1 N–H and O–H groups in total. The van der Waals surface area contributed by atoms with E-state index >= 15 is 0 Å². The van der Waals surface area contributed by atoms with Crippen molar-refractivity contribution in [2.45, 2.75) is 45.7 Å². The number of nitrogens with one attached hydrogen (secondary N) is 1. The molecule has 0 spiro atoms. The third-order valence-corrected chi connectivity index (χ3v) is 5.19. The van der Waals surface area contributed by atoms with Crippen LogP contribution in [0, 0.1) is 13.8 Å². The molecule has 1 aliphatic heterocycles. The SMILES string of the molecule is COCC(=O)N1CCC(NC(C)c2sc(C)nc2C)CC1. The Labute approximate surface area is 130 Å². The normalized spacial score (nSPS) is 18.0. The highest BCUT2D eigenvalue weighted by Gasteiger charge is 2.24. The average molecular weight is 311 g/mol. The summed E-state index contributed by atoms with van der Waals surface area (Å²) in [5.74, 6) is 0.0953. The van der Waals surface area contributed by atoms with Gasteiger partial charge in [0.15, 0.2) is 0 Å². The van der Waals surface area contributed by atoms with E-state index in [-0.39, 0.29) is 12.5 Å². The molecule has 0 aromatic carbocycles. The van der Waals surface area contributed by atoms with Crippen molar-refractivity contribution in [3.8, 4) is 0 Å². The van der Waals surface area contributed by atoms with Crippen LogP contribution in [0.25, 0.3) is 0 Å². The highest BCUT2D eigenvalue weighted by molar-refractivity contribution is 7.11. The quantitative estimate of drug-likeness (QED) is 0.904. The molecule has 0 radical (unpaired) electrons. The molecule has 1 aromatic rings. The first-order valence-corrected chi connectivity index (χ1v) is 8.29. The lowest BCUT2D eigenvalue weighted by molar-refractivity contribution is -0.136. The van der Waals surface area contributed by atoms with E-state index in [0.717, 1.165) is 36.6 Å². The molecule has 0 saturated carbocycles. The van der Waals surface area contributed by atoms with Gasteiger partial charge in [-0.05, 0) is 33.6 Å². The van der Waals surface area contributed by atoms with E-state index in [1.54, 1.807) is 18.4 Å². The Hall–Kier alpha value is -0.980. The molecule has 6 heteroatoms. The number of nitrogens with zero attached hydrogens (tertiary/aromatic N) is 2. The minimum Gasteiger partial charge on any atom is -0.375 e. The summed E-state index contributed by atoms with van der Waals surface area (Å²) >= 11 is 1.77. The number of ether oxygens (including phenoxy) is 1. The van der Waals surface area contributed by atoms with Gasteiger partial charge in [-0.3, -0.25) is 4.79 Å². The number of hydrogen-bond donors (Lipinski definition) is 1. The number of methoxy groups -OCH3 is 1. The van der Waals surface area contributed by atoms with Crippen LogP contribution in [0.2, 0.25) is 0 Å². The van der Waals surface area contributed by atoms with E-state index in [2.05, 4.69) is 24.1 Å². The lowest BCUT2D eigenvalue weighted by Gasteiger charge is -2.33. The Morgan fingerprint density at radius 3 is 2.67 bits per heavy atom. The van der Waals surface area contributed by atoms with Crippen molar-refractivity contribution in [3.05, 3.63) is 15.6 Å². The van der Waals surface area contributed by atoms with Gasteiger partial charge in [0.05, 0.1) is 10.7 Å². The molecular formula is C15H25N3O2S. The number of carbonyl (C=O) groups is 1. The van der Waals surface area contributed by atoms with Gasteiger partial charge in [0.2, 0.25) is 5.91 Å². The Balaban J connectivity index is 1.83. The van der Waals surface area contributed by atoms with E-state index in [1.165, 1.54) is 4.88 Å². The van der Waals surface area contributed by atoms with Crippen LogP contribution in [0.15, 0.2) is 0 Å². The predicted octanol–water partition coefficient (Wildman–Crippen LogP) is 2.05. The molecule has 1 saturated heterocycles. The zero-order valence-corrected chi connectivity index (χ0v) is 14.1. The van der Waals surface area contributed by atoms with Gasteiger partial charge >= 0.3 is 0 Å². The fraction of sp³-hybridized carbons (Fsp3) is 0.733. The second-order valence-corrected chi connectivity index (χ2v) is 6.89. The molecule has 118 valence electrons. The topological polar surface area (TPSA) is 54.5 Å². The van der Waals surface area contributed by atoms with Crippen molar-refractivity contribution >= 4 is 17.2 Å². The summed E-state index contributed by atoms with van der Waals surface area (Å²) in [6.45, 7) is 8.13. The van der Waals surface area contributed by atoms with Crippen molar-refractivity contribution in [1.82, 2.24) is 15.2 Å². The number of thiazole rings is 1. The minimum absolute atomic E-state index is 0.0953. The Kier molecular flexibility index (Phi) is 5.72. The summed E-state index contributed by atoms with van der Waals surface area (Å²) in [6, 6.07) is 0.788. The van der Waals surface area contributed by atoms with E-state index in [0.29, 0.717) is 12.1 Å². The van der Waals surface area contributed by atoms with Gasteiger partial charge in [0.1, 0.15) is 6.61 Å². The van der Waals surface area contributed by atoms with Crippen LogP contribution in [0.5, 0.6) is 0 Å². The molecule has 21 heavy (non-hydrogen) atoms. The minimum atomic E-state index is 0.0953. The van der Waals surface area contributed by atoms with Gasteiger partial charge in [-0.25, -0.2) is 4.98 Å². The molecule has 0 bridgehead atoms. The number of piperidine rings is 1. The summed E-state index contributed by atoms with van der Waals surface area (Å²) in [5.41, 5.74) is 1.13. The Bertz CT molecular complexity index is 481. The number of rotatable bonds is 5. The number of amides is 1. The van der Waals surface area contributed by atoms with Crippen LogP contribution in [-0.4, -0.2) is 48.6 Å². The van der Waals surface area contributed by atoms with E-state index in [9.17, 15) is 4.79 Å². The number of hydrogen-bond acceptors (Lipinski definition) is 5. The Morgan fingerprint density at radius 1 is 1.48 bits per heavy atom. The molecule has 2 heterocycles. The summed E-state index contributed by atoms with van der Waals surface area (Å²) < 4.78 is 4.91. The number of aryl methyl sites for hydroxylation is 2. The maximum absolute atomic E-state index is 11.8. The van der Waals surface area contributed by atoms with E-state index in [1.807, 2.05) is 11.8 Å². The lowest BCUT2D eigenvalue weighted by atomic mass is 10.0. The van der Waals surface area contributed by atoms with Crippen LogP contribution in [0.3, 0.4) is 0 Å². The molecule has 1 fully saturated rings. The summed E-state index contributed by atoms with van der Waals surface area (Å²) in [5, 5.41) is 4.80. The van der Waals surface area contributed by atoms with Crippen molar-refractivity contribution in [2.75, 3.05) is 26.8 Å². The second-order valence-electron chi connectivity index (χ2n) is 5.66. The monoisotopic (exact) mass is 311 g/mol. The first kappa shape index (κ1) is 16.4. The highest BCUT2D eigenvalue weighted by Crippen LogP contribution is 2.25. The summed E-state index contributed by atoms with van der Waals surface area (Å²) in [6.07, 6.45) is 1.99. The largest absolute Gasteiger partial charge is 0.375 e. The summed E-state index contributed by atoms with van der Waals surface area (Å²) in [4.78, 5) is 19.5. The summed E-state index contributed by atoms with van der Waals surface area (Å²) in [7, 11) is 1.56. The first-order valence-electron chi connectivity index (χ1n) is 7.48. The van der Waals surface area contributed by atoms with Gasteiger partial charge in [-0.1, -0.05) is 0 Å². The van der Waals surface area contributed by atoms with Gasteiger partial charge in [-0.2, -0.15) is 0 Å². The van der Waals surface area contributed by atoms with Gasteiger partial charge < -0.3 is 15.0 Å². The molecule has 2 rings (SSSR count). The third kappa shape index (κ3) is 4.25. The third-order valence-electron chi connectivity index (χ3n) is 3.93. The number of likely N-dealkylation sites (tertiary alicyclic amines) is 1. The molecule has 5 nitrogen and oxygen atoms in total. The van der Waals surface area contributed by atoms with E-state index in [4.69, 9.17) is 4.74 Å². The van der Waals surface area contributed by atoms with Crippen LogP contribution >= 0.6 is 11.3 Å². The van der Waals surface area contributed by atoms with Crippen LogP contribution in [-0.2, 0) is 9.53 Å². The molecule has 1 aliphatic rings. The van der Waals surface area contributed by atoms with Crippen molar-refractivity contribution < 1.29 is 9.53 Å². The molecular weight excluding hydrogens is 286 g/mol. The fourth-order valence-corrected chi connectivity index (χ4v) is 3.83. The zero-order valence-electron chi connectivity index (χ0n) is 13.3. The molecule has 1 aromatic heterocycles. The second kappa shape index (κ2) is 7.33. The smallest absolute Gasteiger partial charge is 0.248 e. The van der Waals surface area contributed by atoms with Crippen molar-refractivity contribution in [2.24, 2.45) is 0 Å². The molecule has 1 atom stereocenters. The van der Waals surface area contributed by atoms with Crippen LogP contribution in [0.1, 0.15) is 41.4 Å². The lowest BCUT2D eigenvalue weighted by Crippen LogP contribution is -2.46. The predicted molar refractivity (Wildman–Crippen MR) is 84.6 cm³/mol. The molecule has 1 unspecified atom stereocenters. The van der Waals surface area contributed by atoms with E-state index < -0.39 is 0 Å². The average Bonchev–Trinajstić information content (AvgIpc) is 2.79. The van der Waals surface area contributed by atoms with Gasteiger partial charge in [0, 0.05) is 37.2 Å². The van der Waals surface area contributed by atoms with Crippen LogP contribution in [0.4, 0.5) is 0 Å². The maximum Gasteiger partial charge on any atom is 0.248 e. The van der Waals surface area contributed by atoms with Gasteiger partial charge in [-0.15, -0.1) is 11.3 Å². The fourth-order valence-electron chi connectivity index (χ4n) is 2.89. The van der Waals surface area contributed by atoms with Gasteiger partial charge in [0.25, 0.3) is 0 Å². The zero-order chi connectivity index (χ0) is 15.4. The van der Waals surface area contributed by atoms with Crippen LogP contribution < -0.4 is 5.32 Å².